The van der Waals surface area contributed by atoms with E-state index in [1.807, 2.05) is 0 Å². The van der Waals surface area contributed by atoms with E-state index in [0.29, 0.717) is 0 Å². The van der Waals surface area contributed by atoms with E-state index in [2.05, 4.69) is 56.7 Å². The minimum atomic E-state index is -0.268. The molecule has 2 rings (SSSR count). The Hall–Kier alpha value is -0.760. The van der Waals surface area contributed by atoms with Crippen LogP contribution in [-0.2, 0) is 0 Å². The molecule has 0 spiro atoms. The van der Waals surface area contributed by atoms with Crippen LogP contribution in [-0.4, -0.2) is 51.6 Å². The van der Waals surface area contributed by atoms with Gasteiger partial charge < -0.3 is 15.4 Å². The molecule has 2 N–H and O–H groups in total. The van der Waals surface area contributed by atoms with Gasteiger partial charge in [0.1, 0.15) is 17.0 Å². The molecule has 0 aliphatic carbocycles. The fraction of sp³-hybridized carbons (Fsp3) is 0.857. The van der Waals surface area contributed by atoms with Crippen molar-refractivity contribution < 1.29 is 14.4 Å². The Morgan fingerprint density at radius 1 is 1.26 bits per heavy atom. The number of nitrogens with one attached hydrogen (secondary N) is 1. The third-order valence-corrected chi connectivity index (χ3v) is 4.21. The van der Waals surface area contributed by atoms with Gasteiger partial charge >= 0.3 is 0 Å². The van der Waals surface area contributed by atoms with Crippen LogP contribution in [0.3, 0.4) is 0 Å². The van der Waals surface area contributed by atoms with Crippen LogP contribution < -0.4 is 9.80 Å². The van der Waals surface area contributed by atoms with Gasteiger partial charge in [0.25, 0.3) is 6.20 Å². The molecule has 1 aromatic heterocycles. The van der Waals surface area contributed by atoms with Gasteiger partial charge in [-0.25, -0.2) is 0 Å². The van der Waals surface area contributed by atoms with Gasteiger partial charge in [-0.3, -0.25) is 4.90 Å². The van der Waals surface area contributed by atoms with E-state index in [-0.39, 0.29) is 53.9 Å². The van der Waals surface area contributed by atoms with Gasteiger partial charge in [0.05, 0.1) is 11.4 Å². The number of piperazine rings is 1. The summed E-state index contributed by atoms with van der Waals surface area (Å²) in [5.41, 5.74) is 6.83. The van der Waals surface area contributed by atoms with Crippen molar-refractivity contribution in [2.75, 3.05) is 24.7 Å². The zero-order valence-corrected chi connectivity index (χ0v) is 16.3. The van der Waals surface area contributed by atoms with Crippen molar-refractivity contribution >= 4 is 30.7 Å². The highest BCUT2D eigenvalue weighted by Gasteiger charge is 2.53. The highest BCUT2D eigenvalue weighted by Crippen LogP contribution is 2.32. The van der Waals surface area contributed by atoms with Crippen molar-refractivity contribution in [3.63, 3.8) is 0 Å². The quantitative estimate of drug-likeness (QED) is 0.824. The first kappa shape index (κ1) is 22.2. The van der Waals surface area contributed by atoms with Crippen LogP contribution in [0, 0.1) is 0 Å². The Balaban J connectivity index is 0.00000242. The minimum Gasteiger partial charge on any atom is -0.660 e. The summed E-state index contributed by atoms with van der Waals surface area (Å²) in [5.74, 6) is 0.0414. The molecule has 0 aromatic carbocycles. The van der Waals surface area contributed by atoms with Crippen LogP contribution >= 0.6 is 24.8 Å². The van der Waals surface area contributed by atoms with Crippen molar-refractivity contribution in [1.29, 1.82) is 0 Å². The topological polar surface area (TPSA) is 80.4 Å². The molecule has 1 aliphatic rings. The fourth-order valence-electron chi connectivity index (χ4n) is 3.36. The minimum absolute atomic E-state index is 0. The Morgan fingerprint density at radius 3 is 2.09 bits per heavy atom. The van der Waals surface area contributed by atoms with E-state index in [9.17, 15) is 5.11 Å². The second-order valence-electron chi connectivity index (χ2n) is 7.75. The largest absolute Gasteiger partial charge is 0.660 e. The zero-order chi connectivity index (χ0) is 16.1. The molecule has 1 aromatic rings. The van der Waals surface area contributed by atoms with Gasteiger partial charge in [0, 0.05) is 18.6 Å². The maximum Gasteiger partial charge on any atom is 0.256 e. The summed E-state index contributed by atoms with van der Waals surface area (Å²) in [5, 5.41) is 15.8. The summed E-state index contributed by atoms with van der Waals surface area (Å²) in [7, 11) is 0. The predicted molar refractivity (Wildman–Crippen MR) is 94.3 cm³/mol. The molecule has 1 fully saturated rings. The van der Waals surface area contributed by atoms with Crippen LogP contribution in [0.1, 0.15) is 41.5 Å². The molecule has 7 nitrogen and oxygen atoms in total. The number of aromatic nitrogens is 2. The van der Waals surface area contributed by atoms with E-state index in [4.69, 9.17) is 10.3 Å². The van der Waals surface area contributed by atoms with Gasteiger partial charge in [-0.1, -0.05) is 0 Å². The maximum absolute atomic E-state index is 9.66. The van der Waals surface area contributed by atoms with Crippen LogP contribution in [0.5, 0.6) is 0 Å². The maximum atomic E-state index is 9.66. The van der Waals surface area contributed by atoms with Crippen molar-refractivity contribution in [3.05, 3.63) is 11.9 Å². The van der Waals surface area contributed by atoms with Gasteiger partial charge in [0.2, 0.25) is 5.27 Å². The smallest absolute Gasteiger partial charge is 0.256 e. The molecule has 0 saturated carbocycles. The Labute approximate surface area is 150 Å². The predicted octanol–water partition coefficient (Wildman–Crippen LogP) is 2.07. The van der Waals surface area contributed by atoms with Crippen LogP contribution in [0.2, 0.25) is 0 Å². The normalized spacial score (nSPS) is 20.6. The standard InChI is InChI=1S/C14H27N5O2.2ClH/c1-12(2)8-17(14(5,6)10-20)9-13(3,4)19(12)18-7-11(15)21-16-18;;/h7,15,20H,8-10H2,1-6H3;2*1H. The first-order valence-electron chi connectivity index (χ1n) is 7.26. The summed E-state index contributed by atoms with van der Waals surface area (Å²) >= 11 is 0. The first-order valence-corrected chi connectivity index (χ1v) is 7.26. The van der Waals surface area contributed by atoms with E-state index < -0.39 is 0 Å². The molecule has 23 heavy (non-hydrogen) atoms. The van der Waals surface area contributed by atoms with Gasteiger partial charge in [-0.15, -0.1) is 29.8 Å². The number of aliphatic hydroxyl groups excluding tert-OH is 1. The second kappa shape index (κ2) is 7.01. The number of aliphatic hydroxyl groups is 1. The Bertz CT molecular complexity index is 501. The van der Waals surface area contributed by atoms with E-state index in [0.717, 1.165) is 13.1 Å². The van der Waals surface area contributed by atoms with Crippen molar-refractivity contribution in [1.82, 2.24) is 10.2 Å². The lowest BCUT2D eigenvalue weighted by Crippen LogP contribution is -2.83. The molecule has 136 valence electrons. The molecule has 0 radical (unpaired) electrons. The SMILES string of the molecule is CC(C)(CO)N1CC(C)(C)N([n+]2cc([NH-])on2)C(C)(C)C1.Cl.Cl. The van der Waals surface area contributed by atoms with Gasteiger partial charge in [-0.2, -0.15) is 0 Å². The third kappa shape index (κ3) is 4.21. The number of halogens is 2. The highest BCUT2D eigenvalue weighted by atomic mass is 35.5. The monoisotopic (exact) mass is 369 g/mol. The second-order valence-corrected chi connectivity index (χ2v) is 7.75. The number of hydrogen-bond acceptors (Lipinski definition) is 5. The number of rotatable bonds is 3. The van der Waals surface area contributed by atoms with Gasteiger partial charge in [-0.05, 0) is 41.5 Å². The summed E-state index contributed by atoms with van der Waals surface area (Å²) in [6.07, 6.45) is 1.58. The fourth-order valence-corrected chi connectivity index (χ4v) is 3.36. The highest BCUT2D eigenvalue weighted by molar-refractivity contribution is 5.85. The van der Waals surface area contributed by atoms with Gasteiger partial charge in [0.15, 0.2) is 0 Å². The molecule has 0 amide bonds. The summed E-state index contributed by atoms with van der Waals surface area (Å²) < 4.78 is 4.90. The van der Waals surface area contributed by atoms with Crippen molar-refractivity contribution in [2.24, 2.45) is 0 Å². The zero-order valence-electron chi connectivity index (χ0n) is 14.7. The van der Waals surface area contributed by atoms with Crippen LogP contribution in [0.15, 0.2) is 10.7 Å². The first-order chi connectivity index (χ1) is 9.49. The summed E-state index contributed by atoms with van der Waals surface area (Å²) in [4.78, 5) is 3.94. The molecule has 0 unspecified atom stereocenters. The lowest BCUT2D eigenvalue weighted by atomic mass is 9.86. The van der Waals surface area contributed by atoms with E-state index in [1.54, 1.807) is 11.0 Å². The molecular weight excluding hydrogens is 341 g/mol. The molecule has 1 saturated heterocycles. The Kier molecular flexibility index (Phi) is 6.78. The molecule has 1 aliphatic heterocycles. The molecule has 9 heteroatoms. The molecule has 2 heterocycles. The lowest BCUT2D eigenvalue weighted by Gasteiger charge is -2.54. The molecular formula is C14H29Cl2N5O2. The van der Waals surface area contributed by atoms with E-state index >= 15 is 0 Å². The number of nitrogens with zero attached hydrogens (tertiary/aromatic N) is 4. The molecule has 0 bridgehead atoms. The van der Waals surface area contributed by atoms with E-state index in [1.165, 1.54) is 0 Å². The molecule has 0 atom stereocenters. The number of hydrogen-bond donors (Lipinski definition) is 1. The average molecular weight is 370 g/mol. The summed E-state index contributed by atoms with van der Waals surface area (Å²) in [6, 6.07) is 0. The van der Waals surface area contributed by atoms with Crippen molar-refractivity contribution in [2.45, 2.75) is 58.2 Å². The average Bonchev–Trinajstić information content (AvgIpc) is 2.72. The lowest BCUT2D eigenvalue weighted by molar-refractivity contribution is -0.774. The third-order valence-electron chi connectivity index (χ3n) is 4.21. The Morgan fingerprint density at radius 2 is 1.74 bits per heavy atom. The summed E-state index contributed by atoms with van der Waals surface area (Å²) in [6.45, 7) is 14.4. The van der Waals surface area contributed by atoms with Crippen LogP contribution in [0.4, 0.5) is 5.88 Å². The van der Waals surface area contributed by atoms with Crippen molar-refractivity contribution in [3.8, 4) is 0 Å². The van der Waals surface area contributed by atoms with Crippen LogP contribution in [0.25, 0.3) is 5.73 Å².